The second-order valence-electron chi connectivity index (χ2n) is 7.85. The number of anilines is 2. The van der Waals surface area contributed by atoms with Gasteiger partial charge in [-0.05, 0) is 36.1 Å². The Hall–Kier alpha value is -3.64. The minimum atomic E-state index is -3.77. The van der Waals surface area contributed by atoms with Crippen LogP contribution in [0, 0.1) is 11.3 Å². The number of hydrogen-bond donors (Lipinski definition) is 0. The van der Waals surface area contributed by atoms with E-state index in [9.17, 15) is 18.5 Å². The maximum Gasteiger partial charge on any atom is 0.265 e. The standard InChI is InChI=1S/C23H21N5O3S/c24-15-18-7-3-10-25-23(18)27-12-4-11-26(13-14-27)21(29)16-28-19-8-1-5-17-6-2-9-20(22(17)19)32(28,30)31/h1-3,5-10H,4,11-14,16H2. The van der Waals surface area contributed by atoms with Gasteiger partial charge >= 0.3 is 0 Å². The number of amides is 1. The molecule has 0 spiro atoms. The number of carbonyl (C=O) groups excluding carboxylic acids is 1. The fraction of sp³-hybridized carbons (Fsp3) is 0.261. The summed E-state index contributed by atoms with van der Waals surface area (Å²) in [5.74, 6) is 0.385. The van der Waals surface area contributed by atoms with Crippen LogP contribution < -0.4 is 9.21 Å². The number of benzene rings is 2. The summed E-state index contributed by atoms with van der Waals surface area (Å²) in [4.78, 5) is 21.5. The van der Waals surface area contributed by atoms with Gasteiger partial charge in [0, 0.05) is 37.8 Å². The molecule has 0 atom stereocenters. The summed E-state index contributed by atoms with van der Waals surface area (Å²) in [6.07, 6.45) is 2.36. The van der Waals surface area contributed by atoms with Crippen LogP contribution in [0.25, 0.3) is 10.8 Å². The molecule has 0 radical (unpaired) electrons. The van der Waals surface area contributed by atoms with Gasteiger partial charge in [0.15, 0.2) is 0 Å². The fourth-order valence-corrected chi connectivity index (χ4v) is 6.13. The van der Waals surface area contributed by atoms with Crippen LogP contribution in [0.2, 0.25) is 0 Å². The van der Waals surface area contributed by atoms with Crippen molar-refractivity contribution in [2.75, 3.05) is 41.9 Å². The largest absolute Gasteiger partial charge is 0.354 e. The first-order chi connectivity index (χ1) is 15.5. The highest BCUT2D eigenvalue weighted by Gasteiger charge is 2.37. The molecule has 1 amide bonds. The quantitative estimate of drug-likeness (QED) is 0.611. The lowest BCUT2D eigenvalue weighted by molar-refractivity contribution is -0.129. The molecule has 0 bridgehead atoms. The third kappa shape index (κ3) is 3.24. The van der Waals surface area contributed by atoms with Crippen molar-refractivity contribution < 1.29 is 13.2 Å². The van der Waals surface area contributed by atoms with Crippen LogP contribution >= 0.6 is 0 Å². The molecule has 3 heterocycles. The zero-order chi connectivity index (χ0) is 22.3. The number of rotatable bonds is 3. The molecule has 1 fully saturated rings. The molecular formula is C23H21N5O3S. The van der Waals surface area contributed by atoms with Gasteiger partial charge in [0.1, 0.15) is 18.4 Å². The molecule has 1 saturated heterocycles. The van der Waals surface area contributed by atoms with E-state index < -0.39 is 10.0 Å². The summed E-state index contributed by atoms with van der Waals surface area (Å²) in [5, 5.41) is 10.9. The van der Waals surface area contributed by atoms with Gasteiger partial charge in [0.2, 0.25) is 5.91 Å². The molecule has 8 nitrogen and oxygen atoms in total. The molecule has 2 aliphatic heterocycles. The highest BCUT2D eigenvalue weighted by atomic mass is 32.2. The minimum absolute atomic E-state index is 0.233. The Morgan fingerprint density at radius 2 is 1.84 bits per heavy atom. The van der Waals surface area contributed by atoms with Crippen molar-refractivity contribution in [1.82, 2.24) is 9.88 Å². The Bertz CT molecular complexity index is 1360. The van der Waals surface area contributed by atoms with Crippen LogP contribution in [0.5, 0.6) is 0 Å². The molecule has 9 heteroatoms. The maximum absolute atomic E-state index is 13.2. The number of hydrogen-bond acceptors (Lipinski definition) is 6. The van der Waals surface area contributed by atoms with Crippen molar-refractivity contribution in [3.63, 3.8) is 0 Å². The average Bonchev–Trinajstić information content (AvgIpc) is 2.97. The van der Waals surface area contributed by atoms with E-state index in [1.165, 1.54) is 4.31 Å². The second-order valence-corrected chi connectivity index (χ2v) is 9.68. The summed E-state index contributed by atoms with van der Waals surface area (Å²) >= 11 is 0. The van der Waals surface area contributed by atoms with Gasteiger partial charge in [-0.3, -0.25) is 9.10 Å². The van der Waals surface area contributed by atoms with E-state index in [-0.39, 0.29) is 17.3 Å². The molecular weight excluding hydrogens is 426 g/mol. The van der Waals surface area contributed by atoms with Gasteiger partial charge in [0.25, 0.3) is 10.0 Å². The monoisotopic (exact) mass is 447 g/mol. The Labute approximate surface area is 186 Å². The number of nitriles is 1. The van der Waals surface area contributed by atoms with E-state index >= 15 is 0 Å². The van der Waals surface area contributed by atoms with Crippen molar-refractivity contribution in [2.24, 2.45) is 0 Å². The smallest absolute Gasteiger partial charge is 0.265 e. The van der Waals surface area contributed by atoms with Gasteiger partial charge in [-0.2, -0.15) is 5.26 Å². The summed E-state index contributed by atoms with van der Waals surface area (Å²) in [6.45, 7) is 1.92. The van der Waals surface area contributed by atoms with Gasteiger partial charge in [-0.25, -0.2) is 13.4 Å². The molecule has 0 N–H and O–H groups in total. The first-order valence-electron chi connectivity index (χ1n) is 10.4. The van der Waals surface area contributed by atoms with Crippen LogP contribution in [-0.4, -0.2) is 56.9 Å². The van der Waals surface area contributed by atoms with Crippen molar-refractivity contribution in [3.05, 3.63) is 60.3 Å². The molecule has 32 heavy (non-hydrogen) atoms. The Morgan fingerprint density at radius 3 is 2.66 bits per heavy atom. The molecule has 3 aromatic rings. The van der Waals surface area contributed by atoms with Gasteiger partial charge in [0.05, 0.1) is 16.1 Å². The Kier molecular flexibility index (Phi) is 4.94. The van der Waals surface area contributed by atoms with Gasteiger partial charge in [-0.15, -0.1) is 0 Å². The summed E-state index contributed by atoms with van der Waals surface area (Å²) < 4.78 is 27.6. The summed E-state index contributed by atoms with van der Waals surface area (Å²) in [7, 11) is -3.77. The molecule has 0 aliphatic carbocycles. The highest BCUT2D eigenvalue weighted by molar-refractivity contribution is 7.93. The number of pyridine rings is 1. The zero-order valence-electron chi connectivity index (χ0n) is 17.3. The predicted octanol–water partition coefficient (Wildman–Crippen LogP) is 2.35. The highest BCUT2D eigenvalue weighted by Crippen LogP contribution is 2.41. The van der Waals surface area contributed by atoms with Crippen molar-refractivity contribution >= 4 is 38.2 Å². The normalized spacial score (nSPS) is 17.3. The van der Waals surface area contributed by atoms with Crippen LogP contribution in [0.3, 0.4) is 0 Å². The lowest BCUT2D eigenvalue weighted by Gasteiger charge is -2.25. The second kappa shape index (κ2) is 7.80. The number of carbonyl (C=O) groups is 1. The lowest BCUT2D eigenvalue weighted by atomic mass is 10.1. The van der Waals surface area contributed by atoms with Crippen LogP contribution in [-0.2, 0) is 14.8 Å². The third-order valence-electron chi connectivity index (χ3n) is 6.02. The Morgan fingerprint density at radius 1 is 1.03 bits per heavy atom. The predicted molar refractivity (Wildman–Crippen MR) is 121 cm³/mol. The van der Waals surface area contributed by atoms with Gasteiger partial charge < -0.3 is 9.80 Å². The van der Waals surface area contributed by atoms with E-state index in [0.717, 1.165) is 5.39 Å². The minimum Gasteiger partial charge on any atom is -0.354 e. The molecule has 2 aliphatic rings. The third-order valence-corrected chi connectivity index (χ3v) is 7.82. The first-order valence-corrected chi connectivity index (χ1v) is 11.9. The maximum atomic E-state index is 13.2. The van der Waals surface area contributed by atoms with E-state index in [0.29, 0.717) is 55.1 Å². The van der Waals surface area contributed by atoms with Crippen molar-refractivity contribution in [2.45, 2.75) is 11.3 Å². The molecule has 5 rings (SSSR count). The topological polar surface area (TPSA) is 97.6 Å². The van der Waals surface area contributed by atoms with E-state index in [1.807, 2.05) is 23.1 Å². The van der Waals surface area contributed by atoms with E-state index in [1.54, 1.807) is 41.4 Å². The molecule has 162 valence electrons. The lowest BCUT2D eigenvalue weighted by Crippen LogP contribution is -2.43. The summed E-state index contributed by atoms with van der Waals surface area (Å²) in [6, 6.07) is 16.2. The van der Waals surface area contributed by atoms with Crippen molar-refractivity contribution in [3.8, 4) is 6.07 Å². The zero-order valence-corrected chi connectivity index (χ0v) is 18.1. The Balaban J connectivity index is 1.35. The van der Waals surface area contributed by atoms with Crippen LogP contribution in [0.4, 0.5) is 11.5 Å². The number of sulfonamides is 1. The SMILES string of the molecule is N#Cc1cccnc1N1CCCN(C(=O)CN2c3cccc4cccc(c34)S2(=O)=O)CC1. The van der Waals surface area contributed by atoms with Crippen LogP contribution in [0.1, 0.15) is 12.0 Å². The molecule has 0 unspecified atom stereocenters. The number of aromatic nitrogens is 1. The summed E-state index contributed by atoms with van der Waals surface area (Å²) in [5.41, 5.74) is 1.05. The van der Waals surface area contributed by atoms with Crippen LogP contribution in [0.15, 0.2) is 59.6 Å². The molecule has 1 aromatic heterocycles. The van der Waals surface area contributed by atoms with Gasteiger partial charge in [-0.1, -0.05) is 24.3 Å². The van der Waals surface area contributed by atoms with Crippen molar-refractivity contribution in [1.29, 1.82) is 5.26 Å². The fourth-order valence-electron chi connectivity index (χ4n) is 4.47. The van der Waals surface area contributed by atoms with E-state index in [4.69, 9.17) is 0 Å². The van der Waals surface area contributed by atoms with E-state index in [2.05, 4.69) is 11.1 Å². The average molecular weight is 448 g/mol. The molecule has 2 aromatic carbocycles. The number of nitrogens with zero attached hydrogens (tertiary/aromatic N) is 5. The first kappa shape index (κ1) is 20.3. The molecule has 0 saturated carbocycles.